The summed E-state index contributed by atoms with van der Waals surface area (Å²) in [4.78, 5) is 10.4. The average Bonchev–Trinajstić information content (AvgIpc) is 2.23. The molecule has 1 fully saturated rings. The minimum absolute atomic E-state index is 0.0213. The molecule has 0 bridgehead atoms. The summed E-state index contributed by atoms with van der Waals surface area (Å²) in [7, 11) is 0. The molecule has 0 N–H and O–H groups in total. The van der Waals surface area contributed by atoms with Crippen LogP contribution in [0.5, 0.6) is 5.75 Å². The molecule has 5 heteroatoms. The van der Waals surface area contributed by atoms with E-state index in [0.29, 0.717) is 16.8 Å². The van der Waals surface area contributed by atoms with Gasteiger partial charge in [-0.3, -0.25) is 10.1 Å². The van der Waals surface area contributed by atoms with Gasteiger partial charge >= 0.3 is 5.69 Å². The number of nitrogens with zero attached hydrogens (tertiary/aromatic N) is 1. The van der Waals surface area contributed by atoms with Crippen molar-refractivity contribution in [1.29, 1.82) is 0 Å². The van der Waals surface area contributed by atoms with Crippen molar-refractivity contribution in [3.05, 3.63) is 32.8 Å². The third kappa shape index (κ3) is 3.19. The molecule has 0 aliphatic heterocycles. The smallest absolute Gasteiger partial charge is 0.312 e. The third-order valence-corrected chi connectivity index (χ3v) is 3.62. The Morgan fingerprint density at radius 1 is 1.47 bits per heavy atom. The van der Waals surface area contributed by atoms with Crippen LogP contribution in [0.3, 0.4) is 0 Å². The number of ether oxygens (including phenoxy) is 1. The SMILES string of the molecule is O=[N+]([O-])c1cc(Br)ccc1OCCC1CCC1. The fourth-order valence-corrected chi connectivity index (χ4v) is 2.22. The van der Waals surface area contributed by atoms with E-state index in [2.05, 4.69) is 15.9 Å². The van der Waals surface area contributed by atoms with Crippen LogP contribution in [0, 0.1) is 16.0 Å². The molecule has 1 aromatic rings. The maximum atomic E-state index is 10.8. The molecule has 2 rings (SSSR count). The second kappa shape index (κ2) is 5.49. The summed E-state index contributed by atoms with van der Waals surface area (Å²) in [5.41, 5.74) is 0.0213. The van der Waals surface area contributed by atoms with Crippen LogP contribution in [-0.2, 0) is 0 Å². The summed E-state index contributed by atoms with van der Waals surface area (Å²) in [5.74, 6) is 1.11. The molecule has 0 aromatic heterocycles. The van der Waals surface area contributed by atoms with E-state index in [4.69, 9.17) is 4.74 Å². The van der Waals surface area contributed by atoms with Gasteiger partial charge in [0, 0.05) is 10.5 Å². The van der Waals surface area contributed by atoms with Crippen LogP contribution in [0.25, 0.3) is 0 Å². The van der Waals surface area contributed by atoms with Crippen LogP contribution in [0.4, 0.5) is 5.69 Å². The predicted molar refractivity (Wildman–Crippen MR) is 68.2 cm³/mol. The zero-order chi connectivity index (χ0) is 12.3. The van der Waals surface area contributed by atoms with Gasteiger partial charge in [0.25, 0.3) is 0 Å². The maximum absolute atomic E-state index is 10.8. The Hall–Kier alpha value is -1.10. The van der Waals surface area contributed by atoms with Gasteiger partial charge in [-0.1, -0.05) is 35.2 Å². The van der Waals surface area contributed by atoms with E-state index in [1.165, 1.54) is 25.3 Å². The molecule has 4 nitrogen and oxygen atoms in total. The molecule has 0 radical (unpaired) electrons. The van der Waals surface area contributed by atoms with E-state index in [-0.39, 0.29) is 5.69 Å². The van der Waals surface area contributed by atoms with Crippen LogP contribution in [0.2, 0.25) is 0 Å². The second-order valence-electron chi connectivity index (χ2n) is 4.30. The van der Waals surface area contributed by atoms with E-state index in [0.717, 1.165) is 12.3 Å². The zero-order valence-electron chi connectivity index (χ0n) is 9.39. The number of benzene rings is 1. The lowest BCUT2D eigenvalue weighted by atomic mass is 9.83. The van der Waals surface area contributed by atoms with Crippen molar-refractivity contribution in [1.82, 2.24) is 0 Å². The summed E-state index contributed by atoms with van der Waals surface area (Å²) < 4.78 is 6.19. The lowest BCUT2D eigenvalue weighted by Gasteiger charge is -2.24. The van der Waals surface area contributed by atoms with Crippen molar-refractivity contribution in [3.63, 3.8) is 0 Å². The summed E-state index contributed by atoms with van der Waals surface area (Å²) >= 11 is 3.22. The van der Waals surface area contributed by atoms with Crippen LogP contribution in [0.15, 0.2) is 22.7 Å². The number of hydrogen-bond acceptors (Lipinski definition) is 3. The predicted octanol–water partition coefficient (Wildman–Crippen LogP) is 3.93. The molecule has 0 unspecified atom stereocenters. The molecule has 92 valence electrons. The molecule has 0 saturated heterocycles. The fourth-order valence-electron chi connectivity index (χ4n) is 1.87. The normalized spacial score (nSPS) is 15.4. The Kier molecular flexibility index (Phi) is 3.99. The number of nitro benzene ring substituents is 1. The van der Waals surface area contributed by atoms with Gasteiger partial charge in [0.1, 0.15) is 0 Å². The van der Waals surface area contributed by atoms with E-state index < -0.39 is 4.92 Å². The van der Waals surface area contributed by atoms with Crippen LogP contribution in [-0.4, -0.2) is 11.5 Å². The summed E-state index contributed by atoms with van der Waals surface area (Å²) in [6.45, 7) is 0.563. The minimum atomic E-state index is -0.413. The number of halogens is 1. The molecule has 0 heterocycles. The number of nitro groups is 1. The standard InChI is InChI=1S/C12H14BrNO3/c13-10-4-5-12(11(8-10)14(15)16)17-7-6-9-2-1-3-9/h4-5,8-9H,1-3,6-7H2. The molecule has 17 heavy (non-hydrogen) atoms. The van der Waals surface area contributed by atoms with Crippen molar-refractivity contribution in [3.8, 4) is 5.75 Å². The molecule has 1 saturated carbocycles. The van der Waals surface area contributed by atoms with E-state index in [1.807, 2.05) is 0 Å². The third-order valence-electron chi connectivity index (χ3n) is 3.13. The molecule has 1 aromatic carbocycles. The maximum Gasteiger partial charge on any atom is 0.312 e. The minimum Gasteiger partial charge on any atom is -0.487 e. The zero-order valence-corrected chi connectivity index (χ0v) is 11.0. The highest BCUT2D eigenvalue weighted by atomic mass is 79.9. The summed E-state index contributed by atoms with van der Waals surface area (Å²) in [6, 6.07) is 4.87. The highest BCUT2D eigenvalue weighted by Gasteiger charge is 2.19. The lowest BCUT2D eigenvalue weighted by molar-refractivity contribution is -0.386. The monoisotopic (exact) mass is 299 g/mol. The van der Waals surface area contributed by atoms with E-state index in [1.54, 1.807) is 12.1 Å². The summed E-state index contributed by atoms with van der Waals surface area (Å²) in [5, 5.41) is 10.8. The van der Waals surface area contributed by atoms with Crippen molar-refractivity contribution in [2.75, 3.05) is 6.61 Å². The number of rotatable bonds is 5. The second-order valence-corrected chi connectivity index (χ2v) is 5.22. The van der Waals surface area contributed by atoms with Crippen molar-refractivity contribution in [2.45, 2.75) is 25.7 Å². The molecule has 0 amide bonds. The van der Waals surface area contributed by atoms with Crippen LogP contribution >= 0.6 is 15.9 Å². The van der Waals surface area contributed by atoms with Gasteiger partial charge in [-0.25, -0.2) is 0 Å². The molecule has 1 aliphatic rings. The molecular formula is C12H14BrNO3. The van der Waals surface area contributed by atoms with Crippen molar-refractivity contribution >= 4 is 21.6 Å². The van der Waals surface area contributed by atoms with Gasteiger partial charge in [0.2, 0.25) is 0 Å². The molecular weight excluding hydrogens is 286 g/mol. The van der Waals surface area contributed by atoms with Gasteiger partial charge in [-0.2, -0.15) is 0 Å². The fraction of sp³-hybridized carbons (Fsp3) is 0.500. The quantitative estimate of drug-likeness (QED) is 0.611. The first kappa shape index (κ1) is 12.4. The van der Waals surface area contributed by atoms with Crippen molar-refractivity contribution in [2.24, 2.45) is 5.92 Å². The van der Waals surface area contributed by atoms with Gasteiger partial charge in [0.05, 0.1) is 11.5 Å². The van der Waals surface area contributed by atoms with Gasteiger partial charge in [-0.05, 0) is 24.5 Å². The van der Waals surface area contributed by atoms with Crippen LogP contribution in [0.1, 0.15) is 25.7 Å². The Morgan fingerprint density at radius 3 is 2.82 bits per heavy atom. The van der Waals surface area contributed by atoms with Crippen LogP contribution < -0.4 is 4.74 Å². The van der Waals surface area contributed by atoms with Gasteiger partial charge in [0.15, 0.2) is 5.75 Å². The molecule has 0 atom stereocenters. The summed E-state index contributed by atoms with van der Waals surface area (Å²) in [6.07, 6.45) is 4.84. The molecule has 1 aliphatic carbocycles. The first-order valence-electron chi connectivity index (χ1n) is 5.73. The first-order valence-corrected chi connectivity index (χ1v) is 6.53. The molecule has 0 spiro atoms. The Bertz CT molecular complexity index is 418. The van der Waals surface area contributed by atoms with E-state index in [9.17, 15) is 10.1 Å². The lowest BCUT2D eigenvalue weighted by Crippen LogP contribution is -2.14. The average molecular weight is 300 g/mol. The first-order chi connectivity index (χ1) is 8.16. The highest BCUT2D eigenvalue weighted by Crippen LogP contribution is 2.32. The topological polar surface area (TPSA) is 52.4 Å². The Morgan fingerprint density at radius 2 is 2.24 bits per heavy atom. The van der Waals surface area contributed by atoms with E-state index >= 15 is 0 Å². The number of hydrogen-bond donors (Lipinski definition) is 0. The van der Waals surface area contributed by atoms with Gasteiger partial charge in [-0.15, -0.1) is 0 Å². The Balaban J connectivity index is 1.96. The highest BCUT2D eigenvalue weighted by molar-refractivity contribution is 9.10. The van der Waals surface area contributed by atoms with Crippen molar-refractivity contribution < 1.29 is 9.66 Å². The Labute approximate surface area is 108 Å². The largest absolute Gasteiger partial charge is 0.487 e. The van der Waals surface area contributed by atoms with Gasteiger partial charge < -0.3 is 4.74 Å².